The second-order valence-electron chi connectivity index (χ2n) is 4.22. The maximum Gasteiger partial charge on any atom is 0.0514 e. The Bertz CT molecular complexity index is 297. The molecule has 0 saturated carbocycles. The Hall–Kier alpha value is -0.930. The molecule has 1 aromatic heterocycles. The largest absolute Gasteiger partial charge is 0.326 e. The molecule has 1 fully saturated rings. The van der Waals surface area contributed by atoms with Gasteiger partial charge in [0.05, 0.1) is 6.04 Å². The predicted molar refractivity (Wildman–Crippen MR) is 61.4 cm³/mol. The average Bonchev–Trinajstić information content (AvgIpc) is 2.62. The lowest BCUT2D eigenvalue weighted by atomic mass is 10.0. The number of hydrogen-bond acceptors (Lipinski definition) is 3. The van der Waals surface area contributed by atoms with Crippen LogP contribution in [0.5, 0.6) is 0 Å². The summed E-state index contributed by atoms with van der Waals surface area (Å²) >= 11 is 0. The number of hydrogen-bond donors (Lipinski definition) is 1. The zero-order valence-corrected chi connectivity index (χ0v) is 9.26. The third-order valence-corrected chi connectivity index (χ3v) is 3.09. The van der Waals surface area contributed by atoms with E-state index < -0.39 is 0 Å². The Labute approximate surface area is 91.3 Å². The Morgan fingerprint density at radius 3 is 3.13 bits per heavy atom. The minimum absolute atomic E-state index is 0.265. The minimum Gasteiger partial charge on any atom is -0.326 e. The molecule has 1 aliphatic rings. The fourth-order valence-corrected chi connectivity index (χ4v) is 2.43. The lowest BCUT2D eigenvalue weighted by Gasteiger charge is -2.26. The van der Waals surface area contributed by atoms with Crippen molar-refractivity contribution in [2.45, 2.75) is 31.8 Å². The van der Waals surface area contributed by atoms with Crippen LogP contribution in [0.2, 0.25) is 0 Å². The minimum atomic E-state index is 0.265. The molecule has 0 bridgehead atoms. The van der Waals surface area contributed by atoms with E-state index in [4.69, 9.17) is 5.73 Å². The quantitative estimate of drug-likeness (QED) is 0.814. The number of nitrogens with zero attached hydrogens (tertiary/aromatic N) is 2. The van der Waals surface area contributed by atoms with Gasteiger partial charge in [0, 0.05) is 25.0 Å². The molecule has 1 aromatic rings. The molecule has 0 unspecified atom stereocenters. The second kappa shape index (κ2) is 4.73. The third-order valence-electron chi connectivity index (χ3n) is 3.09. The van der Waals surface area contributed by atoms with Gasteiger partial charge in [-0.1, -0.05) is 13.0 Å². The molecule has 3 nitrogen and oxygen atoms in total. The van der Waals surface area contributed by atoms with Crippen LogP contribution < -0.4 is 5.73 Å². The van der Waals surface area contributed by atoms with Gasteiger partial charge in [0.25, 0.3) is 0 Å². The van der Waals surface area contributed by atoms with Gasteiger partial charge < -0.3 is 5.73 Å². The van der Waals surface area contributed by atoms with Crippen molar-refractivity contribution < 1.29 is 0 Å². The number of nitrogens with two attached hydrogens (primary N) is 1. The van der Waals surface area contributed by atoms with Gasteiger partial charge in [-0.05, 0) is 31.0 Å². The molecule has 82 valence electrons. The summed E-state index contributed by atoms with van der Waals surface area (Å²) in [5.41, 5.74) is 7.42. The molecule has 0 aromatic carbocycles. The summed E-state index contributed by atoms with van der Waals surface area (Å²) in [6, 6.07) is 4.76. The van der Waals surface area contributed by atoms with Gasteiger partial charge in [-0.2, -0.15) is 0 Å². The van der Waals surface area contributed by atoms with Crippen LogP contribution in [-0.2, 0) is 0 Å². The van der Waals surface area contributed by atoms with Crippen LogP contribution in [0.4, 0.5) is 0 Å². The molecule has 2 heterocycles. The molecular formula is C12H19N3. The highest BCUT2D eigenvalue weighted by Crippen LogP contribution is 2.30. The van der Waals surface area contributed by atoms with Crippen molar-refractivity contribution in [1.29, 1.82) is 0 Å². The van der Waals surface area contributed by atoms with Crippen molar-refractivity contribution in [3.8, 4) is 0 Å². The molecule has 0 amide bonds. The summed E-state index contributed by atoms with van der Waals surface area (Å²) in [7, 11) is 0. The van der Waals surface area contributed by atoms with E-state index in [1.54, 1.807) is 0 Å². The van der Waals surface area contributed by atoms with Crippen LogP contribution in [-0.4, -0.2) is 29.0 Å². The molecule has 2 atom stereocenters. The molecule has 0 aliphatic carbocycles. The third kappa shape index (κ3) is 2.19. The lowest BCUT2D eigenvalue weighted by molar-refractivity contribution is 0.248. The number of rotatable bonds is 3. The highest BCUT2D eigenvalue weighted by atomic mass is 15.2. The summed E-state index contributed by atoms with van der Waals surface area (Å²) in [6.07, 6.45) is 6.04. The van der Waals surface area contributed by atoms with E-state index in [0.29, 0.717) is 6.04 Å². The molecule has 1 aliphatic heterocycles. The van der Waals surface area contributed by atoms with Crippen LogP contribution in [0, 0.1) is 0 Å². The molecule has 1 saturated heterocycles. The highest BCUT2D eigenvalue weighted by molar-refractivity contribution is 5.18. The molecule has 3 heteroatoms. The van der Waals surface area contributed by atoms with Gasteiger partial charge in [0.1, 0.15) is 0 Å². The van der Waals surface area contributed by atoms with Crippen LogP contribution in [0.1, 0.15) is 31.4 Å². The van der Waals surface area contributed by atoms with Gasteiger partial charge in [0.15, 0.2) is 0 Å². The molecule has 2 rings (SSSR count). The Balaban J connectivity index is 2.17. The van der Waals surface area contributed by atoms with Crippen LogP contribution >= 0.6 is 0 Å². The number of aromatic nitrogens is 1. The van der Waals surface area contributed by atoms with Crippen LogP contribution in [0.25, 0.3) is 0 Å². The van der Waals surface area contributed by atoms with Crippen LogP contribution in [0.3, 0.4) is 0 Å². The van der Waals surface area contributed by atoms with Crippen molar-refractivity contribution in [3.05, 3.63) is 30.1 Å². The maximum absolute atomic E-state index is 6.16. The lowest BCUT2D eigenvalue weighted by Crippen LogP contribution is -2.32. The fraction of sp³-hybridized carbons (Fsp3) is 0.583. The van der Waals surface area contributed by atoms with Gasteiger partial charge in [-0.15, -0.1) is 0 Å². The van der Waals surface area contributed by atoms with Crippen molar-refractivity contribution in [1.82, 2.24) is 9.88 Å². The maximum atomic E-state index is 6.16. The normalized spacial score (nSPS) is 27.1. The Morgan fingerprint density at radius 1 is 1.60 bits per heavy atom. The standard InChI is InChI=1S/C12H19N3/c1-2-7-15-8-5-11(13)12(15)10-4-3-6-14-9-10/h3-4,6,9,11-12H,2,5,7-8,13H2,1H3/t11-,12+/m1/s1. The summed E-state index contributed by atoms with van der Waals surface area (Å²) < 4.78 is 0. The van der Waals surface area contributed by atoms with Crippen molar-refractivity contribution >= 4 is 0 Å². The van der Waals surface area contributed by atoms with E-state index in [2.05, 4.69) is 22.9 Å². The zero-order chi connectivity index (χ0) is 10.7. The zero-order valence-electron chi connectivity index (χ0n) is 9.26. The first-order chi connectivity index (χ1) is 7.33. The highest BCUT2D eigenvalue weighted by Gasteiger charge is 2.32. The van der Waals surface area contributed by atoms with Gasteiger partial charge >= 0.3 is 0 Å². The molecule has 15 heavy (non-hydrogen) atoms. The van der Waals surface area contributed by atoms with Crippen molar-refractivity contribution in [3.63, 3.8) is 0 Å². The summed E-state index contributed by atoms with van der Waals surface area (Å²) in [6.45, 7) is 4.46. The topological polar surface area (TPSA) is 42.1 Å². The van der Waals surface area contributed by atoms with E-state index in [0.717, 1.165) is 19.5 Å². The van der Waals surface area contributed by atoms with Crippen LogP contribution in [0.15, 0.2) is 24.5 Å². The first-order valence-electron chi connectivity index (χ1n) is 5.72. The summed E-state index contributed by atoms with van der Waals surface area (Å²) in [4.78, 5) is 6.65. The number of pyridine rings is 1. The fourth-order valence-electron chi connectivity index (χ4n) is 2.43. The van der Waals surface area contributed by atoms with Crippen molar-refractivity contribution in [2.75, 3.05) is 13.1 Å². The Morgan fingerprint density at radius 2 is 2.47 bits per heavy atom. The predicted octanol–water partition coefficient (Wildman–Crippen LogP) is 1.57. The molecular weight excluding hydrogens is 186 g/mol. The molecule has 0 radical (unpaired) electrons. The second-order valence-corrected chi connectivity index (χ2v) is 4.22. The molecule has 2 N–H and O–H groups in total. The molecule has 0 spiro atoms. The summed E-state index contributed by atoms with van der Waals surface area (Å²) in [5.74, 6) is 0. The monoisotopic (exact) mass is 205 g/mol. The van der Waals surface area contributed by atoms with E-state index in [1.165, 1.54) is 12.0 Å². The van der Waals surface area contributed by atoms with E-state index in [1.807, 2.05) is 18.5 Å². The smallest absolute Gasteiger partial charge is 0.0514 e. The SMILES string of the molecule is CCCN1CC[C@@H](N)[C@@H]1c1cccnc1. The average molecular weight is 205 g/mol. The number of likely N-dealkylation sites (tertiary alicyclic amines) is 1. The van der Waals surface area contributed by atoms with Gasteiger partial charge in [0.2, 0.25) is 0 Å². The van der Waals surface area contributed by atoms with Gasteiger partial charge in [-0.25, -0.2) is 0 Å². The first-order valence-corrected chi connectivity index (χ1v) is 5.72. The summed E-state index contributed by atoms with van der Waals surface area (Å²) in [5, 5.41) is 0. The Kier molecular flexibility index (Phi) is 3.34. The first kappa shape index (κ1) is 10.6. The van der Waals surface area contributed by atoms with E-state index in [9.17, 15) is 0 Å². The van der Waals surface area contributed by atoms with E-state index >= 15 is 0 Å². The van der Waals surface area contributed by atoms with Crippen molar-refractivity contribution in [2.24, 2.45) is 5.73 Å². The van der Waals surface area contributed by atoms with Gasteiger partial charge in [-0.3, -0.25) is 9.88 Å². The van der Waals surface area contributed by atoms with E-state index in [-0.39, 0.29) is 6.04 Å².